The molecule has 0 aliphatic carbocycles. The van der Waals surface area contributed by atoms with Crippen LogP contribution in [0.1, 0.15) is 12.0 Å². The number of H-pyrrole nitrogens is 1. The van der Waals surface area contributed by atoms with Crippen LogP contribution >= 0.6 is 0 Å². The molecule has 5 amide bonds. The number of alkyl carbamates (subject to hydrolysis) is 1. The molecule has 3 aromatic carbocycles. The third kappa shape index (κ3) is 7.21. The molecule has 2 heterocycles. The molecule has 1 aliphatic rings. The SMILES string of the molecule is O=C(CN1C(=O)CN(CCCNc2nc3ccccc3[nH]2)C1=O)NCC(NC(=O)OCc1cccc2ccccc12)C(=O)O. The van der Waals surface area contributed by atoms with Crippen molar-refractivity contribution in [2.75, 3.05) is 38.0 Å². The maximum atomic E-state index is 12.7. The van der Waals surface area contributed by atoms with Crippen LogP contribution in [0.15, 0.2) is 66.7 Å². The van der Waals surface area contributed by atoms with Crippen molar-refractivity contribution in [1.29, 1.82) is 0 Å². The monoisotopic (exact) mass is 601 g/mol. The van der Waals surface area contributed by atoms with Crippen molar-refractivity contribution in [3.63, 3.8) is 0 Å². The van der Waals surface area contributed by atoms with E-state index >= 15 is 0 Å². The van der Waals surface area contributed by atoms with Crippen LogP contribution in [0, 0.1) is 0 Å². The number of amides is 5. The molecule has 1 fully saturated rings. The van der Waals surface area contributed by atoms with Gasteiger partial charge in [-0.05, 0) is 34.9 Å². The molecule has 1 aliphatic heterocycles. The number of nitrogens with zero attached hydrogens (tertiary/aromatic N) is 3. The van der Waals surface area contributed by atoms with Gasteiger partial charge in [0.05, 0.1) is 11.0 Å². The molecule has 44 heavy (non-hydrogen) atoms. The predicted octanol–water partition coefficient (Wildman–Crippen LogP) is 2.28. The molecule has 4 aromatic rings. The minimum absolute atomic E-state index is 0.0858. The highest BCUT2D eigenvalue weighted by molar-refractivity contribution is 6.04. The molecule has 0 bridgehead atoms. The van der Waals surface area contributed by atoms with Crippen molar-refractivity contribution >= 4 is 57.7 Å². The van der Waals surface area contributed by atoms with Crippen molar-refractivity contribution in [3.8, 4) is 0 Å². The van der Waals surface area contributed by atoms with E-state index in [0.29, 0.717) is 18.9 Å². The number of carbonyl (C=O) groups excluding carboxylic acids is 4. The summed E-state index contributed by atoms with van der Waals surface area (Å²) >= 11 is 0. The zero-order valence-corrected chi connectivity index (χ0v) is 23.6. The summed E-state index contributed by atoms with van der Waals surface area (Å²) in [5.41, 5.74) is 2.47. The van der Waals surface area contributed by atoms with Gasteiger partial charge in [0.25, 0.3) is 5.91 Å². The zero-order chi connectivity index (χ0) is 31.1. The topological polar surface area (TPSA) is 186 Å². The highest BCUT2D eigenvalue weighted by atomic mass is 16.5. The van der Waals surface area contributed by atoms with Gasteiger partial charge >= 0.3 is 18.1 Å². The fourth-order valence-corrected chi connectivity index (χ4v) is 4.80. The highest BCUT2D eigenvalue weighted by Crippen LogP contribution is 2.19. The number of imidazole rings is 1. The molecule has 5 N–H and O–H groups in total. The number of benzene rings is 3. The van der Waals surface area contributed by atoms with Crippen LogP contribution in [0.5, 0.6) is 0 Å². The van der Waals surface area contributed by atoms with Gasteiger partial charge in [-0.3, -0.25) is 14.5 Å². The Morgan fingerprint density at radius 1 is 1.02 bits per heavy atom. The molecule has 1 saturated heterocycles. The van der Waals surface area contributed by atoms with E-state index in [-0.39, 0.29) is 19.7 Å². The van der Waals surface area contributed by atoms with Gasteiger partial charge in [0.15, 0.2) is 0 Å². The number of ether oxygens (including phenoxy) is 1. The molecule has 0 radical (unpaired) electrons. The maximum Gasteiger partial charge on any atom is 0.408 e. The molecule has 1 aromatic heterocycles. The van der Waals surface area contributed by atoms with E-state index in [1.807, 2.05) is 60.7 Å². The van der Waals surface area contributed by atoms with Crippen LogP contribution in [0.3, 0.4) is 0 Å². The van der Waals surface area contributed by atoms with Crippen molar-refractivity contribution in [3.05, 3.63) is 72.3 Å². The summed E-state index contributed by atoms with van der Waals surface area (Å²) < 4.78 is 5.21. The number of carbonyl (C=O) groups is 5. The quantitative estimate of drug-likeness (QED) is 0.113. The number of rotatable bonds is 13. The lowest BCUT2D eigenvalue weighted by Gasteiger charge is -2.18. The van der Waals surface area contributed by atoms with Crippen molar-refractivity contribution in [2.24, 2.45) is 0 Å². The fraction of sp³-hybridized carbons (Fsp3) is 0.267. The largest absolute Gasteiger partial charge is 0.480 e. The number of aromatic amines is 1. The van der Waals surface area contributed by atoms with E-state index in [0.717, 1.165) is 32.3 Å². The minimum atomic E-state index is -1.50. The molecule has 1 atom stereocenters. The van der Waals surface area contributed by atoms with Crippen LogP contribution in [0.25, 0.3) is 21.8 Å². The van der Waals surface area contributed by atoms with Gasteiger partial charge in [0.2, 0.25) is 11.9 Å². The molecule has 14 heteroatoms. The Bertz CT molecular complexity index is 1670. The lowest BCUT2D eigenvalue weighted by atomic mass is 10.1. The Balaban J connectivity index is 1.04. The standard InChI is InChI=1S/C30H31N7O7/c38-25(32-15-24(27(40)41)35-29(42)44-18-20-9-5-8-19-7-1-2-10-21(19)20)16-37-26(39)17-36(30(37)43)14-6-13-31-28-33-22-11-3-4-12-23(22)34-28/h1-5,7-12,24H,6,13-18H2,(H,32,38)(H,35,42)(H,40,41)(H2,31,33,34). The number of carboxylic acid groups (broad SMARTS) is 1. The number of aliphatic carboxylic acids is 1. The average Bonchev–Trinajstić information content (AvgIpc) is 3.55. The number of anilines is 1. The first-order valence-electron chi connectivity index (χ1n) is 14.0. The third-order valence-electron chi connectivity index (χ3n) is 7.05. The smallest absolute Gasteiger partial charge is 0.408 e. The van der Waals surface area contributed by atoms with Crippen LogP contribution in [-0.4, -0.2) is 93.5 Å². The van der Waals surface area contributed by atoms with E-state index in [9.17, 15) is 29.1 Å². The van der Waals surface area contributed by atoms with Gasteiger partial charge in [0.1, 0.15) is 25.7 Å². The minimum Gasteiger partial charge on any atom is -0.480 e. The highest BCUT2D eigenvalue weighted by Gasteiger charge is 2.36. The number of fused-ring (bicyclic) bond motifs is 2. The van der Waals surface area contributed by atoms with Crippen molar-refractivity contribution in [1.82, 2.24) is 30.4 Å². The summed E-state index contributed by atoms with van der Waals surface area (Å²) in [7, 11) is 0. The average molecular weight is 602 g/mol. The van der Waals surface area contributed by atoms with E-state index in [2.05, 4.69) is 25.9 Å². The van der Waals surface area contributed by atoms with Crippen molar-refractivity contribution in [2.45, 2.75) is 19.1 Å². The fourth-order valence-electron chi connectivity index (χ4n) is 4.80. The van der Waals surface area contributed by atoms with Crippen LogP contribution < -0.4 is 16.0 Å². The van der Waals surface area contributed by atoms with Gasteiger partial charge in [-0.1, -0.05) is 54.6 Å². The Morgan fingerprint density at radius 2 is 1.80 bits per heavy atom. The number of aromatic nitrogens is 2. The Morgan fingerprint density at radius 3 is 2.61 bits per heavy atom. The molecule has 1 unspecified atom stereocenters. The Labute approximate surface area is 251 Å². The Kier molecular flexibility index (Phi) is 9.18. The van der Waals surface area contributed by atoms with Gasteiger partial charge in [0, 0.05) is 19.6 Å². The van der Waals surface area contributed by atoms with Crippen LogP contribution in [-0.2, 0) is 25.7 Å². The van der Waals surface area contributed by atoms with Gasteiger partial charge in [-0.25, -0.2) is 19.4 Å². The molecule has 0 spiro atoms. The first kappa shape index (κ1) is 29.8. The van der Waals surface area contributed by atoms with Gasteiger partial charge in [-0.15, -0.1) is 0 Å². The number of carboxylic acids is 1. The second-order valence-electron chi connectivity index (χ2n) is 10.1. The second-order valence-corrected chi connectivity index (χ2v) is 10.1. The normalized spacial score (nSPS) is 13.7. The summed E-state index contributed by atoms with van der Waals surface area (Å²) in [6.07, 6.45) is -0.450. The van der Waals surface area contributed by atoms with Crippen LogP contribution in [0.2, 0.25) is 0 Å². The lowest BCUT2D eigenvalue weighted by molar-refractivity contribution is -0.139. The van der Waals surface area contributed by atoms with E-state index < -0.39 is 49.0 Å². The van der Waals surface area contributed by atoms with Crippen LogP contribution in [0.4, 0.5) is 15.5 Å². The number of hydrogen-bond acceptors (Lipinski definition) is 8. The molecule has 0 saturated carbocycles. The van der Waals surface area contributed by atoms with Gasteiger partial charge < -0.3 is 35.7 Å². The molecule has 14 nitrogen and oxygen atoms in total. The summed E-state index contributed by atoms with van der Waals surface area (Å²) in [5, 5.41) is 19.1. The summed E-state index contributed by atoms with van der Waals surface area (Å²) in [5.74, 6) is -2.10. The molecular formula is C30H31N7O7. The summed E-state index contributed by atoms with van der Waals surface area (Å²) in [6.45, 7) is -0.543. The predicted molar refractivity (Wildman–Crippen MR) is 160 cm³/mol. The van der Waals surface area contributed by atoms with Gasteiger partial charge in [-0.2, -0.15) is 0 Å². The van der Waals surface area contributed by atoms with E-state index in [4.69, 9.17) is 4.74 Å². The first-order valence-corrected chi connectivity index (χ1v) is 14.0. The molecule has 228 valence electrons. The van der Waals surface area contributed by atoms with E-state index in [1.54, 1.807) is 6.07 Å². The number of para-hydroxylation sites is 2. The Hall–Kier alpha value is -5.66. The first-order chi connectivity index (χ1) is 21.3. The number of hydrogen-bond donors (Lipinski definition) is 5. The number of urea groups is 1. The summed E-state index contributed by atoms with van der Waals surface area (Å²) in [6, 6.07) is 18.6. The number of nitrogens with one attached hydrogen (secondary N) is 4. The zero-order valence-electron chi connectivity index (χ0n) is 23.6. The third-order valence-corrected chi connectivity index (χ3v) is 7.05. The second kappa shape index (κ2) is 13.5. The molecule has 5 rings (SSSR count). The number of imide groups is 1. The molecular weight excluding hydrogens is 570 g/mol. The van der Waals surface area contributed by atoms with Crippen molar-refractivity contribution < 1.29 is 33.8 Å². The summed E-state index contributed by atoms with van der Waals surface area (Å²) in [4.78, 5) is 71.4. The lowest BCUT2D eigenvalue weighted by Crippen LogP contribution is -2.50. The maximum absolute atomic E-state index is 12.7. The van der Waals surface area contributed by atoms with E-state index in [1.165, 1.54) is 4.90 Å².